The number of aromatic amines is 2. The van der Waals surface area contributed by atoms with E-state index in [1.54, 1.807) is 23.9 Å². The van der Waals surface area contributed by atoms with Crippen LogP contribution in [0.2, 0.25) is 0 Å². The number of nitrogens with one attached hydrogen (secondary N) is 4. The van der Waals surface area contributed by atoms with Crippen LogP contribution in [0.1, 0.15) is 45.5 Å². The highest BCUT2D eigenvalue weighted by atomic mass is 35.5. The topological polar surface area (TPSA) is 55.6 Å². The van der Waals surface area contributed by atoms with Gasteiger partial charge in [-0.3, -0.25) is 0 Å². The smallest absolute Gasteiger partial charge is 0.127 e. The fourth-order valence-corrected chi connectivity index (χ4v) is 7.79. The largest absolute Gasteiger partial charge is 0.357 e. The van der Waals surface area contributed by atoms with Gasteiger partial charge in [-0.1, -0.05) is 72.4 Å². The number of halogens is 3. The van der Waals surface area contributed by atoms with Crippen LogP contribution in [0.25, 0.3) is 21.8 Å². The first-order chi connectivity index (χ1) is 20.2. The Kier molecular flexibility index (Phi) is 7.06. The van der Waals surface area contributed by atoms with Crippen LogP contribution in [0.5, 0.6) is 0 Å². The van der Waals surface area contributed by atoms with Gasteiger partial charge in [-0.2, -0.15) is 0 Å². The van der Waals surface area contributed by atoms with Gasteiger partial charge in [0, 0.05) is 70.0 Å². The molecular weight excluding hydrogens is 570 g/mol. The maximum Gasteiger partial charge on any atom is 0.127 e. The van der Waals surface area contributed by atoms with Crippen LogP contribution in [0.3, 0.4) is 0 Å². The van der Waals surface area contributed by atoms with Gasteiger partial charge in [-0.25, -0.2) is 8.78 Å². The highest BCUT2D eigenvalue weighted by Gasteiger charge is 2.30. The van der Waals surface area contributed by atoms with Crippen molar-refractivity contribution in [3.8, 4) is 0 Å². The summed E-state index contributed by atoms with van der Waals surface area (Å²) in [5.41, 5.74) is 8.15. The Morgan fingerprint density at radius 2 is 1.02 bits per heavy atom. The van der Waals surface area contributed by atoms with E-state index in [-0.39, 0.29) is 35.9 Å². The Bertz CT molecular complexity index is 1810. The maximum atomic E-state index is 14.8. The first kappa shape index (κ1) is 27.2. The molecular formula is C34H29ClF2N4S. The first-order valence-electron chi connectivity index (χ1n) is 14.0. The second kappa shape index (κ2) is 10.9. The molecule has 0 spiro atoms. The highest BCUT2D eigenvalue weighted by molar-refractivity contribution is 7.99. The minimum Gasteiger partial charge on any atom is -0.357 e. The van der Waals surface area contributed by atoms with E-state index in [0.717, 1.165) is 45.3 Å². The fraction of sp³-hybridized carbons (Fsp3) is 0.176. The van der Waals surface area contributed by atoms with Gasteiger partial charge in [0.05, 0.1) is 11.0 Å². The summed E-state index contributed by atoms with van der Waals surface area (Å²) >= 11 is 1.72. The van der Waals surface area contributed by atoms with E-state index in [4.69, 9.17) is 0 Å². The monoisotopic (exact) mass is 598 g/mol. The number of benzene rings is 4. The van der Waals surface area contributed by atoms with Crippen molar-refractivity contribution in [1.29, 1.82) is 0 Å². The van der Waals surface area contributed by atoms with Gasteiger partial charge in [0.15, 0.2) is 0 Å². The Hall–Kier alpha value is -3.62. The van der Waals surface area contributed by atoms with E-state index in [0.29, 0.717) is 24.2 Å². The lowest BCUT2D eigenvalue weighted by Crippen LogP contribution is -2.29. The van der Waals surface area contributed by atoms with Gasteiger partial charge in [0.25, 0.3) is 0 Å². The zero-order valence-corrected chi connectivity index (χ0v) is 24.3. The van der Waals surface area contributed by atoms with Gasteiger partial charge in [0.1, 0.15) is 11.6 Å². The van der Waals surface area contributed by atoms with Gasteiger partial charge < -0.3 is 20.6 Å². The van der Waals surface area contributed by atoms with Gasteiger partial charge in [-0.15, -0.1) is 12.4 Å². The predicted octanol–water partition coefficient (Wildman–Crippen LogP) is 7.97. The third-order valence-electron chi connectivity index (χ3n) is 8.65. The second-order valence-corrected chi connectivity index (χ2v) is 12.0. The van der Waals surface area contributed by atoms with E-state index in [9.17, 15) is 8.78 Å². The van der Waals surface area contributed by atoms with Crippen molar-refractivity contribution in [1.82, 2.24) is 20.6 Å². The van der Waals surface area contributed by atoms with Crippen LogP contribution in [-0.4, -0.2) is 23.1 Å². The average Bonchev–Trinajstić information content (AvgIpc) is 3.58. The highest BCUT2D eigenvalue weighted by Crippen LogP contribution is 2.43. The lowest BCUT2D eigenvalue weighted by molar-refractivity contribution is 0.547. The lowest BCUT2D eigenvalue weighted by Gasteiger charge is -2.24. The Balaban J connectivity index is 0.00000288. The molecule has 0 amide bonds. The molecule has 2 aliphatic heterocycles. The SMILES string of the molecule is Cl.Fc1ccccc1C1CNCc2c1[nH]c1c(Sc3cccc4c5c([nH]c34)C(c3ccccc3F)CNC5)cccc21. The normalized spacial score (nSPS) is 18.0. The van der Waals surface area contributed by atoms with E-state index >= 15 is 0 Å². The van der Waals surface area contributed by atoms with E-state index < -0.39 is 0 Å². The standard InChI is InChI=1S/C34H28F2N4S.ClH/c35-27-11-3-1-7-19(27)23-15-37-17-25-21-9-5-13-29(33(21)39-31(23)25)41-30-14-6-10-22-26-18-38-16-24(32(26)40-34(22)30)20-8-2-4-12-28(20)36;/h1-14,23-24,37-40H,15-18H2;1H. The second-order valence-electron chi connectivity index (χ2n) is 10.9. The molecule has 8 rings (SSSR count). The summed E-state index contributed by atoms with van der Waals surface area (Å²) in [7, 11) is 0. The summed E-state index contributed by atoms with van der Waals surface area (Å²) in [6.45, 7) is 2.87. The number of aromatic nitrogens is 2. The van der Waals surface area contributed by atoms with Crippen molar-refractivity contribution < 1.29 is 8.78 Å². The quantitative estimate of drug-likeness (QED) is 0.166. The van der Waals surface area contributed by atoms with Gasteiger partial charge in [0.2, 0.25) is 0 Å². The number of hydrogen-bond acceptors (Lipinski definition) is 3. The minimum absolute atomic E-state index is 0. The molecule has 6 aromatic rings. The zero-order valence-electron chi connectivity index (χ0n) is 22.6. The van der Waals surface area contributed by atoms with Gasteiger partial charge in [-0.05, 0) is 46.5 Å². The summed E-state index contributed by atoms with van der Waals surface area (Å²) in [5.74, 6) is -0.505. The molecule has 0 saturated heterocycles. The molecule has 4 nitrogen and oxygen atoms in total. The first-order valence-corrected chi connectivity index (χ1v) is 14.8. The molecule has 2 aromatic heterocycles. The fourth-order valence-electron chi connectivity index (χ4n) is 6.73. The third kappa shape index (κ3) is 4.34. The molecule has 2 aliphatic rings. The molecule has 2 unspecified atom stereocenters. The van der Waals surface area contributed by atoms with Crippen LogP contribution in [-0.2, 0) is 13.1 Å². The van der Waals surface area contributed by atoms with Crippen molar-refractivity contribution in [2.75, 3.05) is 13.1 Å². The molecule has 0 aliphatic carbocycles. The molecule has 4 N–H and O–H groups in total. The Labute approximate surface area is 252 Å². The maximum absolute atomic E-state index is 14.8. The van der Waals surface area contributed by atoms with Crippen LogP contribution >= 0.6 is 24.2 Å². The van der Waals surface area contributed by atoms with Crippen molar-refractivity contribution in [2.45, 2.75) is 34.7 Å². The summed E-state index contributed by atoms with van der Waals surface area (Å²) in [4.78, 5) is 9.68. The van der Waals surface area contributed by atoms with Crippen LogP contribution < -0.4 is 10.6 Å². The molecule has 4 aromatic carbocycles. The van der Waals surface area contributed by atoms with E-state index in [1.807, 2.05) is 24.3 Å². The summed E-state index contributed by atoms with van der Waals surface area (Å²) in [5, 5.41) is 9.35. The number of rotatable bonds is 4. The number of fused-ring (bicyclic) bond motifs is 6. The molecule has 0 saturated carbocycles. The molecule has 42 heavy (non-hydrogen) atoms. The van der Waals surface area contributed by atoms with Crippen molar-refractivity contribution in [2.24, 2.45) is 0 Å². The number of hydrogen-bond donors (Lipinski definition) is 4. The van der Waals surface area contributed by atoms with Crippen molar-refractivity contribution >= 4 is 46.0 Å². The molecule has 212 valence electrons. The summed E-state index contributed by atoms with van der Waals surface area (Å²) in [6, 6.07) is 26.9. The Morgan fingerprint density at radius 3 is 1.48 bits per heavy atom. The third-order valence-corrected chi connectivity index (χ3v) is 9.77. The van der Waals surface area contributed by atoms with Gasteiger partial charge >= 0.3 is 0 Å². The summed E-state index contributed by atoms with van der Waals surface area (Å²) < 4.78 is 29.6. The molecule has 4 heterocycles. The van der Waals surface area contributed by atoms with E-state index in [1.165, 1.54) is 34.0 Å². The van der Waals surface area contributed by atoms with E-state index in [2.05, 4.69) is 57.0 Å². The average molecular weight is 599 g/mol. The molecule has 8 heteroatoms. The lowest BCUT2D eigenvalue weighted by atomic mass is 9.89. The Morgan fingerprint density at radius 1 is 0.571 bits per heavy atom. The number of H-pyrrole nitrogens is 2. The zero-order chi connectivity index (χ0) is 27.5. The minimum atomic E-state index is -0.175. The predicted molar refractivity (Wildman–Crippen MR) is 168 cm³/mol. The molecule has 0 radical (unpaired) electrons. The van der Waals surface area contributed by atoms with Crippen LogP contribution in [0.4, 0.5) is 8.78 Å². The molecule has 2 atom stereocenters. The van der Waals surface area contributed by atoms with Crippen LogP contribution in [0.15, 0.2) is 94.7 Å². The molecule has 0 bridgehead atoms. The van der Waals surface area contributed by atoms with Crippen LogP contribution in [0, 0.1) is 11.6 Å². The molecule has 0 fully saturated rings. The number of para-hydroxylation sites is 2. The van der Waals surface area contributed by atoms with Crippen molar-refractivity contribution in [3.05, 3.63) is 130 Å². The van der Waals surface area contributed by atoms with Crippen molar-refractivity contribution in [3.63, 3.8) is 0 Å². The summed E-state index contributed by atoms with van der Waals surface area (Å²) in [6.07, 6.45) is 0.